The fourth-order valence-electron chi connectivity index (χ4n) is 1.99. The molecule has 0 atom stereocenters. The average molecular weight is 247 g/mol. The Hall–Kier alpha value is -1.84. The molecule has 0 radical (unpaired) electrons. The maximum atomic E-state index is 11.7. The fourth-order valence-corrected chi connectivity index (χ4v) is 1.99. The molecule has 2 rings (SSSR count). The highest BCUT2D eigenvalue weighted by Gasteiger charge is 2.51. The van der Waals surface area contributed by atoms with Gasteiger partial charge in [0.15, 0.2) is 0 Å². The van der Waals surface area contributed by atoms with Gasteiger partial charge in [0.1, 0.15) is 5.54 Å². The van der Waals surface area contributed by atoms with Crippen molar-refractivity contribution in [2.45, 2.75) is 38.1 Å². The van der Waals surface area contributed by atoms with Crippen LogP contribution >= 0.6 is 0 Å². The first-order valence-electron chi connectivity index (χ1n) is 6.12. The molecule has 1 aromatic rings. The van der Waals surface area contributed by atoms with Crippen molar-refractivity contribution in [3.05, 3.63) is 35.4 Å². The Morgan fingerprint density at radius 1 is 1.33 bits per heavy atom. The van der Waals surface area contributed by atoms with Crippen molar-refractivity contribution < 1.29 is 14.7 Å². The summed E-state index contributed by atoms with van der Waals surface area (Å²) in [4.78, 5) is 22.6. The number of aliphatic carboxylic acids is 1. The lowest BCUT2D eigenvalue weighted by Gasteiger charge is -2.12. The van der Waals surface area contributed by atoms with E-state index in [1.54, 1.807) is 0 Å². The number of carbonyl (C=O) groups is 2. The minimum absolute atomic E-state index is 0.182. The molecule has 2 N–H and O–H groups in total. The molecule has 0 aliphatic heterocycles. The molecule has 4 nitrogen and oxygen atoms in total. The minimum atomic E-state index is -0.969. The minimum Gasteiger partial charge on any atom is -0.480 e. The highest BCUT2D eigenvalue weighted by atomic mass is 16.4. The molecule has 1 aromatic carbocycles. The predicted octanol–water partition coefficient (Wildman–Crippen LogP) is 1.66. The number of amides is 1. The third-order valence-corrected chi connectivity index (χ3v) is 3.42. The Morgan fingerprint density at radius 2 is 2.00 bits per heavy atom. The Bertz CT molecular complexity index is 478. The molecule has 0 unspecified atom stereocenters. The Labute approximate surface area is 106 Å². The van der Waals surface area contributed by atoms with Gasteiger partial charge in [-0.2, -0.15) is 0 Å². The van der Waals surface area contributed by atoms with E-state index < -0.39 is 11.5 Å². The summed E-state index contributed by atoms with van der Waals surface area (Å²) in [6, 6.07) is 7.90. The Kier molecular flexibility index (Phi) is 3.36. The number of benzene rings is 1. The number of aryl methyl sites for hydroxylation is 2. The van der Waals surface area contributed by atoms with Crippen molar-refractivity contribution in [3.8, 4) is 0 Å². The van der Waals surface area contributed by atoms with E-state index in [9.17, 15) is 9.59 Å². The first-order valence-corrected chi connectivity index (χ1v) is 6.12. The molecule has 0 heterocycles. The van der Waals surface area contributed by atoms with Crippen molar-refractivity contribution in [3.63, 3.8) is 0 Å². The summed E-state index contributed by atoms with van der Waals surface area (Å²) in [5.41, 5.74) is 1.32. The normalized spacial score (nSPS) is 16.1. The van der Waals surface area contributed by atoms with Crippen LogP contribution in [0.15, 0.2) is 24.3 Å². The quantitative estimate of drug-likeness (QED) is 0.831. The van der Waals surface area contributed by atoms with Crippen LogP contribution in [0.5, 0.6) is 0 Å². The summed E-state index contributed by atoms with van der Waals surface area (Å²) in [5, 5.41) is 11.6. The number of nitrogens with one attached hydrogen (secondary N) is 1. The number of carboxylic acids is 1. The van der Waals surface area contributed by atoms with Gasteiger partial charge in [-0.15, -0.1) is 0 Å². The van der Waals surface area contributed by atoms with Gasteiger partial charge in [0.25, 0.3) is 0 Å². The summed E-state index contributed by atoms with van der Waals surface area (Å²) < 4.78 is 0. The summed E-state index contributed by atoms with van der Waals surface area (Å²) >= 11 is 0. The predicted molar refractivity (Wildman–Crippen MR) is 67.2 cm³/mol. The SMILES string of the molecule is Cc1ccccc1CCC(=O)NC1(C(=O)O)CC1. The number of carboxylic acid groups (broad SMARTS) is 1. The largest absolute Gasteiger partial charge is 0.480 e. The van der Waals surface area contributed by atoms with Crippen LogP contribution in [0, 0.1) is 6.92 Å². The average Bonchev–Trinajstić information content (AvgIpc) is 3.09. The molecule has 0 saturated heterocycles. The first kappa shape index (κ1) is 12.6. The van der Waals surface area contributed by atoms with Gasteiger partial charge in [-0.3, -0.25) is 4.79 Å². The first-order chi connectivity index (χ1) is 8.53. The highest BCUT2D eigenvalue weighted by Crippen LogP contribution is 2.35. The van der Waals surface area contributed by atoms with E-state index in [1.807, 2.05) is 31.2 Å². The van der Waals surface area contributed by atoms with E-state index in [0.29, 0.717) is 25.7 Å². The lowest BCUT2D eigenvalue weighted by Crippen LogP contribution is -2.43. The molecular formula is C14H17NO3. The number of carbonyl (C=O) groups excluding carboxylic acids is 1. The third kappa shape index (κ3) is 2.70. The monoisotopic (exact) mass is 247 g/mol. The number of hydrogen-bond donors (Lipinski definition) is 2. The van der Waals surface area contributed by atoms with Crippen molar-refractivity contribution in [1.29, 1.82) is 0 Å². The summed E-state index contributed by atoms with van der Waals surface area (Å²) in [6.07, 6.45) is 2.06. The molecule has 0 spiro atoms. The molecule has 0 bridgehead atoms. The zero-order valence-corrected chi connectivity index (χ0v) is 10.4. The molecular weight excluding hydrogens is 230 g/mol. The standard InChI is InChI=1S/C14H17NO3/c1-10-4-2-3-5-11(10)6-7-12(16)15-14(8-9-14)13(17)18/h2-5H,6-9H2,1H3,(H,15,16)(H,17,18). The van der Waals surface area contributed by atoms with Gasteiger partial charge in [-0.05, 0) is 37.3 Å². The van der Waals surface area contributed by atoms with Crippen LogP contribution in [-0.4, -0.2) is 22.5 Å². The van der Waals surface area contributed by atoms with Crippen LogP contribution in [0.25, 0.3) is 0 Å². The van der Waals surface area contributed by atoms with Gasteiger partial charge in [0.05, 0.1) is 0 Å². The van der Waals surface area contributed by atoms with Gasteiger partial charge in [-0.25, -0.2) is 4.79 Å². The van der Waals surface area contributed by atoms with Crippen LogP contribution < -0.4 is 5.32 Å². The smallest absolute Gasteiger partial charge is 0.329 e. The third-order valence-electron chi connectivity index (χ3n) is 3.42. The molecule has 1 aliphatic carbocycles. The molecule has 18 heavy (non-hydrogen) atoms. The van der Waals surface area contributed by atoms with Crippen LogP contribution in [0.3, 0.4) is 0 Å². The van der Waals surface area contributed by atoms with Crippen LogP contribution in [0.2, 0.25) is 0 Å². The zero-order chi connectivity index (χ0) is 13.2. The van der Waals surface area contributed by atoms with Crippen LogP contribution in [0.4, 0.5) is 0 Å². The molecule has 0 aromatic heterocycles. The molecule has 1 aliphatic rings. The van der Waals surface area contributed by atoms with Gasteiger partial charge in [0.2, 0.25) is 5.91 Å². The zero-order valence-electron chi connectivity index (χ0n) is 10.4. The Morgan fingerprint density at radius 3 is 2.56 bits per heavy atom. The summed E-state index contributed by atoms with van der Waals surface area (Å²) in [7, 11) is 0. The lowest BCUT2D eigenvalue weighted by atomic mass is 10.0. The maximum Gasteiger partial charge on any atom is 0.329 e. The lowest BCUT2D eigenvalue weighted by molar-refractivity contribution is -0.143. The summed E-state index contributed by atoms with van der Waals surface area (Å²) in [6.45, 7) is 2.01. The number of rotatable bonds is 5. The summed E-state index contributed by atoms with van der Waals surface area (Å²) in [5.74, 6) is -1.11. The molecule has 4 heteroatoms. The van der Waals surface area contributed by atoms with Gasteiger partial charge in [0, 0.05) is 6.42 Å². The topological polar surface area (TPSA) is 66.4 Å². The maximum absolute atomic E-state index is 11.7. The number of hydrogen-bond acceptors (Lipinski definition) is 2. The fraction of sp³-hybridized carbons (Fsp3) is 0.429. The Balaban J connectivity index is 1.86. The molecule has 96 valence electrons. The van der Waals surface area contributed by atoms with Crippen LogP contribution in [-0.2, 0) is 16.0 Å². The van der Waals surface area contributed by atoms with Gasteiger partial charge < -0.3 is 10.4 Å². The van der Waals surface area contributed by atoms with E-state index in [0.717, 1.165) is 11.1 Å². The van der Waals surface area contributed by atoms with E-state index in [-0.39, 0.29) is 5.91 Å². The second kappa shape index (κ2) is 4.80. The van der Waals surface area contributed by atoms with E-state index in [1.165, 1.54) is 0 Å². The van der Waals surface area contributed by atoms with E-state index in [2.05, 4.69) is 5.32 Å². The van der Waals surface area contributed by atoms with Crippen LogP contribution in [0.1, 0.15) is 30.4 Å². The van der Waals surface area contributed by atoms with Crippen molar-refractivity contribution in [1.82, 2.24) is 5.32 Å². The van der Waals surface area contributed by atoms with E-state index in [4.69, 9.17) is 5.11 Å². The van der Waals surface area contributed by atoms with Gasteiger partial charge >= 0.3 is 5.97 Å². The molecule has 1 amide bonds. The van der Waals surface area contributed by atoms with E-state index >= 15 is 0 Å². The molecule has 1 fully saturated rings. The highest BCUT2D eigenvalue weighted by molar-refractivity contribution is 5.89. The second-order valence-electron chi connectivity index (χ2n) is 4.86. The van der Waals surface area contributed by atoms with Crippen molar-refractivity contribution in [2.75, 3.05) is 0 Å². The molecule has 1 saturated carbocycles. The van der Waals surface area contributed by atoms with Gasteiger partial charge in [-0.1, -0.05) is 24.3 Å². The van der Waals surface area contributed by atoms with Crippen molar-refractivity contribution >= 4 is 11.9 Å². The second-order valence-corrected chi connectivity index (χ2v) is 4.86. The van der Waals surface area contributed by atoms with Crippen molar-refractivity contribution in [2.24, 2.45) is 0 Å².